The summed E-state index contributed by atoms with van der Waals surface area (Å²) >= 11 is 12.5. The van der Waals surface area contributed by atoms with E-state index in [1.54, 1.807) is 6.07 Å². The van der Waals surface area contributed by atoms with E-state index in [-0.39, 0.29) is 5.78 Å². The average Bonchev–Trinajstić information content (AvgIpc) is 2.96. The number of hydrogen-bond donors (Lipinski definition) is 1. The van der Waals surface area contributed by atoms with Crippen LogP contribution in [-0.2, 0) is 4.79 Å². The average molecular weight is 331 g/mol. The normalized spacial score (nSPS) is 21.2. The fraction of sp³-hybridized carbons (Fsp3) is 0.118. The van der Waals surface area contributed by atoms with Crippen LogP contribution in [0.25, 0.3) is 10.9 Å². The lowest BCUT2D eigenvalue weighted by Crippen LogP contribution is -2.56. The Bertz CT molecular complexity index is 874. The van der Waals surface area contributed by atoms with Gasteiger partial charge in [0.15, 0.2) is 11.3 Å². The van der Waals surface area contributed by atoms with E-state index < -0.39 is 11.5 Å². The Balaban J connectivity index is 1.83. The van der Waals surface area contributed by atoms with Crippen molar-refractivity contribution in [1.29, 1.82) is 0 Å². The summed E-state index contributed by atoms with van der Waals surface area (Å²) < 4.78 is 0. The molecule has 1 fully saturated rings. The number of carbonyl (C=O) groups excluding carboxylic acids is 1. The number of ketones is 1. The summed E-state index contributed by atoms with van der Waals surface area (Å²) in [4.78, 5) is 17.4. The van der Waals surface area contributed by atoms with Crippen LogP contribution in [0.2, 0.25) is 5.02 Å². The summed E-state index contributed by atoms with van der Waals surface area (Å²) in [5.41, 5.74) is 2.03. The third-order valence-electron chi connectivity index (χ3n) is 4.07. The highest BCUT2D eigenvalue weighted by Crippen LogP contribution is 2.45. The molecule has 1 saturated heterocycles. The maximum Gasteiger partial charge on any atom is 0.197 e. The Hall–Kier alpha value is -1.97. The SMILES string of the molecule is O=C1[C@@H](Cl)N(c2ccccc2Cl)[C@@H]1c1c[nH]c2ccccc12. The molecule has 1 aliphatic rings. The van der Waals surface area contributed by atoms with E-state index in [1.165, 1.54) is 0 Å². The van der Waals surface area contributed by atoms with Gasteiger partial charge in [0.05, 0.1) is 10.7 Å². The minimum absolute atomic E-state index is 0.00802. The van der Waals surface area contributed by atoms with Gasteiger partial charge in [-0.05, 0) is 18.2 Å². The molecular weight excluding hydrogens is 319 g/mol. The number of nitrogens with zero attached hydrogens (tertiary/aromatic N) is 1. The number of halogens is 2. The molecule has 3 nitrogen and oxygen atoms in total. The smallest absolute Gasteiger partial charge is 0.197 e. The minimum Gasteiger partial charge on any atom is -0.361 e. The van der Waals surface area contributed by atoms with Gasteiger partial charge < -0.3 is 9.88 Å². The molecule has 1 aromatic heterocycles. The van der Waals surface area contributed by atoms with Crippen LogP contribution in [0, 0.1) is 0 Å². The number of benzene rings is 2. The Kier molecular flexibility index (Phi) is 3.13. The minimum atomic E-state index is -0.682. The maximum absolute atomic E-state index is 12.4. The number of nitrogens with one attached hydrogen (secondary N) is 1. The Labute approximate surface area is 137 Å². The first kappa shape index (κ1) is 13.7. The van der Waals surface area contributed by atoms with Crippen LogP contribution in [0.5, 0.6) is 0 Å². The van der Waals surface area contributed by atoms with Crippen molar-refractivity contribution in [3.05, 3.63) is 65.3 Å². The maximum atomic E-state index is 12.4. The highest BCUT2D eigenvalue weighted by molar-refractivity contribution is 6.39. The van der Waals surface area contributed by atoms with Gasteiger partial charge in [-0.25, -0.2) is 0 Å². The highest BCUT2D eigenvalue weighted by atomic mass is 35.5. The third-order valence-corrected chi connectivity index (χ3v) is 4.82. The molecule has 0 bridgehead atoms. The molecular formula is C17H12Cl2N2O. The number of fused-ring (bicyclic) bond motifs is 1. The largest absolute Gasteiger partial charge is 0.361 e. The molecule has 0 spiro atoms. The van der Waals surface area contributed by atoms with Crippen LogP contribution < -0.4 is 4.90 Å². The van der Waals surface area contributed by atoms with Crippen LogP contribution in [0.3, 0.4) is 0 Å². The second-order valence-corrected chi connectivity index (χ2v) is 6.11. The number of para-hydroxylation sites is 2. The monoisotopic (exact) mass is 330 g/mol. The molecule has 22 heavy (non-hydrogen) atoms. The fourth-order valence-corrected chi connectivity index (χ4v) is 3.57. The van der Waals surface area contributed by atoms with E-state index in [1.807, 2.05) is 53.6 Å². The second-order valence-electron chi connectivity index (χ2n) is 5.29. The van der Waals surface area contributed by atoms with E-state index >= 15 is 0 Å². The Morgan fingerprint density at radius 2 is 1.77 bits per heavy atom. The molecule has 1 aliphatic heterocycles. The van der Waals surface area contributed by atoms with Crippen LogP contribution in [0.15, 0.2) is 54.7 Å². The standard InChI is InChI=1S/C17H12Cl2N2O/c18-12-6-2-4-8-14(12)21-15(16(22)17(21)19)11-9-20-13-7-3-1-5-10(11)13/h1-9,15,17,20H/t15-,17+/m1/s1. The molecule has 110 valence electrons. The van der Waals surface area contributed by atoms with Gasteiger partial charge in [-0.1, -0.05) is 53.5 Å². The molecule has 5 heteroatoms. The molecule has 2 aromatic carbocycles. The Morgan fingerprint density at radius 3 is 2.59 bits per heavy atom. The molecule has 1 N–H and O–H groups in total. The lowest BCUT2D eigenvalue weighted by molar-refractivity contribution is -0.124. The molecule has 4 rings (SSSR count). The number of rotatable bonds is 2. The zero-order valence-electron chi connectivity index (χ0n) is 11.5. The molecule has 2 heterocycles. The van der Waals surface area contributed by atoms with Gasteiger partial charge in [0, 0.05) is 22.7 Å². The summed E-state index contributed by atoms with van der Waals surface area (Å²) in [6, 6.07) is 14.9. The number of Topliss-reactive ketones (excluding diaryl/α,β-unsaturated/α-hetero) is 1. The number of carbonyl (C=O) groups is 1. The highest BCUT2D eigenvalue weighted by Gasteiger charge is 2.48. The number of aromatic amines is 1. The first-order chi connectivity index (χ1) is 10.7. The van der Waals surface area contributed by atoms with E-state index in [2.05, 4.69) is 4.98 Å². The van der Waals surface area contributed by atoms with Crippen LogP contribution in [-0.4, -0.2) is 16.3 Å². The molecule has 0 radical (unpaired) electrons. The summed E-state index contributed by atoms with van der Waals surface area (Å²) in [6.07, 6.45) is 1.87. The lowest BCUT2D eigenvalue weighted by Gasteiger charge is -2.45. The van der Waals surface area contributed by atoms with Gasteiger partial charge in [0.1, 0.15) is 6.04 Å². The van der Waals surface area contributed by atoms with Crippen molar-refractivity contribution in [3.63, 3.8) is 0 Å². The summed E-state index contributed by atoms with van der Waals surface area (Å²) in [6.45, 7) is 0. The summed E-state index contributed by atoms with van der Waals surface area (Å²) in [7, 11) is 0. The fourth-order valence-electron chi connectivity index (χ4n) is 3.00. The van der Waals surface area contributed by atoms with Gasteiger partial charge in [0.25, 0.3) is 0 Å². The molecule has 0 aliphatic carbocycles. The van der Waals surface area contributed by atoms with Crippen molar-refractivity contribution in [2.75, 3.05) is 4.90 Å². The van der Waals surface area contributed by atoms with E-state index in [0.717, 1.165) is 22.2 Å². The first-order valence-corrected chi connectivity index (χ1v) is 7.76. The molecule has 0 unspecified atom stereocenters. The Morgan fingerprint density at radius 1 is 1.05 bits per heavy atom. The van der Waals surface area contributed by atoms with Crippen LogP contribution in [0.4, 0.5) is 5.69 Å². The summed E-state index contributed by atoms with van der Waals surface area (Å²) in [5.74, 6) is -0.00802. The summed E-state index contributed by atoms with van der Waals surface area (Å²) in [5, 5.41) is 1.62. The number of H-pyrrole nitrogens is 1. The zero-order chi connectivity index (χ0) is 15.3. The number of aromatic nitrogens is 1. The van der Waals surface area contributed by atoms with Crippen molar-refractivity contribution in [2.24, 2.45) is 0 Å². The predicted octanol–water partition coefficient (Wildman–Crippen LogP) is 4.52. The van der Waals surface area contributed by atoms with E-state index in [4.69, 9.17) is 23.2 Å². The first-order valence-electron chi connectivity index (χ1n) is 6.95. The van der Waals surface area contributed by atoms with Gasteiger partial charge >= 0.3 is 0 Å². The van der Waals surface area contributed by atoms with Gasteiger partial charge in [-0.15, -0.1) is 0 Å². The lowest BCUT2D eigenvalue weighted by atomic mass is 9.91. The van der Waals surface area contributed by atoms with Gasteiger partial charge in [0.2, 0.25) is 0 Å². The van der Waals surface area contributed by atoms with E-state index in [0.29, 0.717) is 5.02 Å². The topological polar surface area (TPSA) is 36.1 Å². The number of alkyl halides is 1. The van der Waals surface area contributed by atoms with Crippen molar-refractivity contribution in [3.8, 4) is 0 Å². The van der Waals surface area contributed by atoms with Crippen LogP contribution in [0.1, 0.15) is 11.6 Å². The second kappa shape index (κ2) is 5.04. The number of anilines is 1. The van der Waals surface area contributed by atoms with Gasteiger partial charge in [-0.3, -0.25) is 4.79 Å². The van der Waals surface area contributed by atoms with Crippen LogP contribution >= 0.6 is 23.2 Å². The zero-order valence-corrected chi connectivity index (χ0v) is 13.0. The van der Waals surface area contributed by atoms with Crippen molar-refractivity contribution in [1.82, 2.24) is 4.98 Å². The van der Waals surface area contributed by atoms with Crippen molar-refractivity contribution >= 4 is 45.6 Å². The molecule has 3 aromatic rings. The van der Waals surface area contributed by atoms with Gasteiger partial charge in [-0.2, -0.15) is 0 Å². The molecule has 0 saturated carbocycles. The predicted molar refractivity (Wildman–Crippen MR) is 89.6 cm³/mol. The quantitative estimate of drug-likeness (QED) is 0.554. The van der Waals surface area contributed by atoms with Crippen molar-refractivity contribution in [2.45, 2.75) is 11.5 Å². The number of hydrogen-bond acceptors (Lipinski definition) is 2. The van der Waals surface area contributed by atoms with Crippen molar-refractivity contribution < 1.29 is 4.79 Å². The third kappa shape index (κ3) is 1.86. The molecule has 0 amide bonds. The molecule has 2 atom stereocenters. The van der Waals surface area contributed by atoms with E-state index in [9.17, 15) is 4.79 Å².